The van der Waals surface area contributed by atoms with Gasteiger partial charge in [0.15, 0.2) is 0 Å². The highest BCUT2D eigenvalue weighted by atomic mass is 35.5. The lowest BCUT2D eigenvalue weighted by molar-refractivity contribution is 0.137. The number of alkyl halides is 3. The monoisotopic (exact) mass is 253 g/mol. The van der Waals surface area contributed by atoms with Crippen LogP contribution in [0.1, 0.15) is 13.8 Å². The molecule has 0 aromatic heterocycles. The molecule has 0 bridgehead atoms. The molecule has 0 fully saturated rings. The van der Waals surface area contributed by atoms with Crippen molar-refractivity contribution in [1.82, 2.24) is 0 Å². The van der Waals surface area contributed by atoms with E-state index in [2.05, 4.69) is 11.7 Å². The van der Waals surface area contributed by atoms with Gasteiger partial charge in [-0.2, -0.15) is 20.5 Å². The van der Waals surface area contributed by atoms with Gasteiger partial charge in [0.25, 0.3) is 0 Å². The third kappa shape index (κ3) is 5.33. The maximum atomic E-state index is 12.6. The van der Waals surface area contributed by atoms with E-state index in [9.17, 15) is 8.78 Å². The fraction of sp³-hybridized carbons (Fsp3) is 0.500. The summed E-state index contributed by atoms with van der Waals surface area (Å²) in [6.45, 7) is 6.91. The van der Waals surface area contributed by atoms with Gasteiger partial charge in [-0.3, -0.25) is 4.99 Å². The minimum Gasteiger partial charge on any atom is -0.261 e. The smallest absolute Gasteiger partial charge is 0.261 e. The Hall–Kier alpha value is -0.350. The summed E-state index contributed by atoms with van der Waals surface area (Å²) < 4.78 is 25.3. The maximum Gasteiger partial charge on any atom is 0.364 e. The van der Waals surface area contributed by atoms with E-state index in [1.807, 2.05) is 20.1 Å². The van der Waals surface area contributed by atoms with Crippen LogP contribution in [0.4, 0.5) is 8.78 Å². The van der Waals surface area contributed by atoms with E-state index in [-0.39, 0.29) is 5.25 Å². The van der Waals surface area contributed by atoms with Gasteiger partial charge in [0.1, 0.15) is 5.70 Å². The molecule has 0 spiro atoms. The van der Waals surface area contributed by atoms with Gasteiger partial charge in [-0.05, 0) is 44.5 Å². The number of rotatable bonds is 5. The summed E-state index contributed by atoms with van der Waals surface area (Å²) in [6.07, 6.45) is 4.73. The van der Waals surface area contributed by atoms with E-state index in [1.54, 1.807) is 17.8 Å². The average molecular weight is 254 g/mol. The van der Waals surface area contributed by atoms with E-state index < -0.39 is 11.1 Å². The Bertz CT molecular complexity index is 282. The van der Waals surface area contributed by atoms with Crippen LogP contribution in [0.5, 0.6) is 0 Å². The van der Waals surface area contributed by atoms with E-state index in [0.717, 1.165) is 5.57 Å². The molecule has 0 aromatic rings. The molecule has 0 aliphatic heterocycles. The largest absolute Gasteiger partial charge is 0.364 e. The third-order valence-corrected chi connectivity index (χ3v) is 3.23. The molecule has 0 aliphatic carbocycles. The fourth-order valence-electron chi connectivity index (χ4n) is 0.769. The van der Waals surface area contributed by atoms with Crippen LogP contribution in [0.2, 0.25) is 0 Å². The summed E-state index contributed by atoms with van der Waals surface area (Å²) in [5.41, 5.74) is 0.446. The van der Waals surface area contributed by atoms with Crippen LogP contribution in [-0.2, 0) is 0 Å². The van der Waals surface area contributed by atoms with Gasteiger partial charge < -0.3 is 0 Å². The summed E-state index contributed by atoms with van der Waals surface area (Å²) in [5.74, 6) is 0. The van der Waals surface area contributed by atoms with E-state index in [4.69, 9.17) is 11.6 Å². The number of hydrogen-bond donors (Lipinski definition) is 0. The molecule has 1 nitrogen and oxygen atoms in total. The Labute approximate surface area is 98.3 Å². The first-order valence-corrected chi connectivity index (χ1v) is 5.94. The number of aliphatic imine (C=N–C) groups is 1. The third-order valence-electron chi connectivity index (χ3n) is 1.96. The second-order valence-electron chi connectivity index (χ2n) is 3.00. The lowest BCUT2D eigenvalue weighted by Gasteiger charge is -2.09. The minimum absolute atomic E-state index is 0.274. The van der Waals surface area contributed by atoms with Crippen molar-refractivity contribution in [1.29, 1.82) is 0 Å². The molecule has 86 valence electrons. The van der Waals surface area contributed by atoms with Gasteiger partial charge in [0.2, 0.25) is 0 Å². The normalized spacial score (nSPS) is 16.4. The summed E-state index contributed by atoms with van der Waals surface area (Å²) in [6, 6.07) is 0. The molecule has 0 amide bonds. The summed E-state index contributed by atoms with van der Waals surface area (Å²) in [4.78, 5) is 3.19. The number of allylic oxidation sites excluding steroid dienone is 3. The Morgan fingerprint density at radius 1 is 1.53 bits per heavy atom. The van der Waals surface area contributed by atoms with Crippen molar-refractivity contribution in [2.45, 2.75) is 24.5 Å². The fourth-order valence-corrected chi connectivity index (χ4v) is 1.34. The molecule has 0 saturated carbocycles. The Morgan fingerprint density at radius 3 is 2.40 bits per heavy atom. The average Bonchev–Trinajstić information content (AvgIpc) is 2.15. The van der Waals surface area contributed by atoms with Crippen molar-refractivity contribution < 1.29 is 8.78 Å². The molecule has 1 unspecified atom stereocenters. The van der Waals surface area contributed by atoms with Gasteiger partial charge in [0, 0.05) is 5.25 Å². The molecular weight excluding hydrogens is 240 g/mol. The van der Waals surface area contributed by atoms with Gasteiger partial charge >= 0.3 is 5.38 Å². The molecule has 0 saturated heterocycles. The van der Waals surface area contributed by atoms with Gasteiger partial charge in [0.05, 0.1) is 0 Å². The SMILES string of the molecule is C=NC(=CC=C(C)C(C)SC)C(F)(F)Cl. The zero-order chi connectivity index (χ0) is 12.1. The van der Waals surface area contributed by atoms with Gasteiger partial charge in [-0.1, -0.05) is 11.6 Å². The van der Waals surface area contributed by atoms with E-state index in [1.165, 1.54) is 6.08 Å². The van der Waals surface area contributed by atoms with Crippen LogP contribution in [0.3, 0.4) is 0 Å². The highest BCUT2D eigenvalue weighted by Crippen LogP contribution is 2.29. The van der Waals surface area contributed by atoms with Crippen molar-refractivity contribution in [3.8, 4) is 0 Å². The predicted molar refractivity (Wildman–Crippen MR) is 65.2 cm³/mol. The molecule has 0 heterocycles. The van der Waals surface area contributed by atoms with Crippen LogP contribution in [0, 0.1) is 0 Å². The quantitative estimate of drug-likeness (QED) is 0.408. The first kappa shape index (κ1) is 14.6. The molecule has 0 N–H and O–H groups in total. The molecular formula is C10H14ClF2NS. The zero-order valence-electron chi connectivity index (χ0n) is 8.93. The van der Waals surface area contributed by atoms with Crippen LogP contribution in [-0.4, -0.2) is 23.6 Å². The molecule has 0 radical (unpaired) electrons. The number of nitrogens with zero attached hydrogens (tertiary/aromatic N) is 1. The summed E-state index contributed by atoms with van der Waals surface area (Å²) in [7, 11) is 0. The van der Waals surface area contributed by atoms with Crippen LogP contribution in [0.25, 0.3) is 0 Å². The molecule has 0 aromatic carbocycles. The summed E-state index contributed by atoms with van der Waals surface area (Å²) in [5, 5.41) is -3.18. The van der Waals surface area contributed by atoms with Crippen LogP contribution >= 0.6 is 23.4 Å². The van der Waals surface area contributed by atoms with Crippen molar-refractivity contribution in [2.75, 3.05) is 6.26 Å². The standard InChI is InChI=1S/C10H14ClF2NS/c1-7(8(2)15-4)5-6-9(14-3)10(11,12)13/h5-6,8H,3H2,1-2,4H3. The Balaban J connectivity index is 4.81. The predicted octanol–water partition coefficient (Wildman–Crippen LogP) is 4.10. The molecule has 1 atom stereocenters. The Kier molecular flexibility index (Phi) is 6.13. The van der Waals surface area contributed by atoms with Crippen LogP contribution < -0.4 is 0 Å². The summed E-state index contributed by atoms with van der Waals surface area (Å²) >= 11 is 6.46. The Morgan fingerprint density at radius 2 is 2.07 bits per heavy atom. The molecule has 15 heavy (non-hydrogen) atoms. The van der Waals surface area contributed by atoms with Gasteiger partial charge in [-0.15, -0.1) is 0 Å². The van der Waals surface area contributed by atoms with E-state index in [0.29, 0.717) is 0 Å². The molecule has 5 heteroatoms. The van der Waals surface area contributed by atoms with Crippen molar-refractivity contribution in [3.05, 3.63) is 23.4 Å². The van der Waals surface area contributed by atoms with Crippen LogP contribution in [0.15, 0.2) is 28.4 Å². The number of thioether (sulfide) groups is 1. The zero-order valence-corrected chi connectivity index (χ0v) is 10.5. The van der Waals surface area contributed by atoms with Crippen molar-refractivity contribution >= 4 is 30.1 Å². The molecule has 0 aliphatic rings. The highest BCUT2D eigenvalue weighted by Gasteiger charge is 2.29. The lowest BCUT2D eigenvalue weighted by Crippen LogP contribution is -2.07. The second kappa shape index (κ2) is 6.28. The topological polar surface area (TPSA) is 12.4 Å². The highest BCUT2D eigenvalue weighted by molar-refractivity contribution is 7.99. The lowest BCUT2D eigenvalue weighted by atomic mass is 10.2. The number of hydrogen-bond acceptors (Lipinski definition) is 2. The van der Waals surface area contributed by atoms with E-state index >= 15 is 0 Å². The second-order valence-corrected chi connectivity index (χ2v) is 4.65. The van der Waals surface area contributed by atoms with Crippen molar-refractivity contribution in [2.24, 2.45) is 4.99 Å². The minimum atomic E-state index is -3.46. The number of halogens is 3. The van der Waals surface area contributed by atoms with Crippen molar-refractivity contribution in [3.63, 3.8) is 0 Å². The first-order chi connectivity index (χ1) is 6.82. The van der Waals surface area contributed by atoms with Gasteiger partial charge in [-0.25, -0.2) is 0 Å². The first-order valence-electron chi connectivity index (χ1n) is 4.28. The molecule has 0 rings (SSSR count). The maximum absolute atomic E-state index is 12.6.